The van der Waals surface area contributed by atoms with E-state index in [2.05, 4.69) is 28.1 Å². The van der Waals surface area contributed by atoms with Gasteiger partial charge in [0.2, 0.25) is 0 Å². The summed E-state index contributed by atoms with van der Waals surface area (Å²) in [7, 11) is 2.89. The van der Waals surface area contributed by atoms with E-state index in [0.29, 0.717) is 6.26 Å². The summed E-state index contributed by atoms with van der Waals surface area (Å²) in [5.74, 6) is 0. The minimum absolute atomic E-state index is 0.604. The van der Waals surface area contributed by atoms with Crippen molar-refractivity contribution in [1.29, 1.82) is 0 Å². The van der Waals surface area contributed by atoms with Gasteiger partial charge in [0.15, 0.2) is 0 Å². The molecule has 0 fully saturated rings. The molecule has 0 unspecified atom stereocenters. The van der Waals surface area contributed by atoms with E-state index in [0.717, 1.165) is 4.48 Å². The molecular formula is C12H29NO3S. The first-order valence-corrected chi connectivity index (χ1v) is 8.09. The van der Waals surface area contributed by atoms with Crippen molar-refractivity contribution in [3.05, 3.63) is 0 Å². The van der Waals surface area contributed by atoms with Gasteiger partial charge in [-0.25, -0.2) is 8.42 Å². The largest absolute Gasteiger partial charge is 0.748 e. The molecule has 0 N–H and O–H groups in total. The second-order valence-corrected chi connectivity index (χ2v) is 6.89. The predicted molar refractivity (Wildman–Crippen MR) is 71.9 cm³/mol. The van der Waals surface area contributed by atoms with Crippen LogP contribution in [0.15, 0.2) is 0 Å². The van der Waals surface area contributed by atoms with Crippen molar-refractivity contribution in [3.63, 3.8) is 0 Å². The molecule has 5 heteroatoms. The molecule has 4 nitrogen and oxygen atoms in total. The van der Waals surface area contributed by atoms with Gasteiger partial charge in [-0.1, -0.05) is 32.6 Å². The molecule has 0 amide bonds. The summed E-state index contributed by atoms with van der Waals surface area (Å²) >= 11 is 0. The van der Waals surface area contributed by atoms with Crippen molar-refractivity contribution in [2.45, 2.75) is 45.4 Å². The monoisotopic (exact) mass is 267 g/mol. The van der Waals surface area contributed by atoms with Crippen LogP contribution in [0.4, 0.5) is 0 Å². The fraction of sp³-hybridized carbons (Fsp3) is 1.00. The normalized spacial score (nSPS) is 11.9. The fourth-order valence-electron chi connectivity index (χ4n) is 1.37. The Bertz CT molecular complexity index is 247. The maximum Gasteiger partial charge on any atom is 0.0916 e. The maximum absolute atomic E-state index is 9.08. The number of unbranched alkanes of at least 4 members (excludes halogenated alkanes) is 5. The van der Waals surface area contributed by atoms with Crippen LogP contribution in [0.3, 0.4) is 0 Å². The topological polar surface area (TPSA) is 57.2 Å². The first-order valence-electron chi connectivity index (χ1n) is 6.27. The zero-order valence-corrected chi connectivity index (χ0v) is 12.8. The highest BCUT2D eigenvalue weighted by atomic mass is 32.2. The molecule has 0 bridgehead atoms. The second-order valence-electron chi connectivity index (χ2n) is 5.49. The van der Waals surface area contributed by atoms with E-state index < -0.39 is 10.1 Å². The minimum atomic E-state index is -3.92. The molecule has 0 spiro atoms. The number of hydrogen-bond donors (Lipinski definition) is 0. The molecule has 0 aliphatic heterocycles. The third-order valence-corrected chi connectivity index (χ3v) is 2.18. The molecule has 17 heavy (non-hydrogen) atoms. The minimum Gasteiger partial charge on any atom is -0.748 e. The standard InChI is InChI=1S/C11H26N.CH4O3S/c1-5-6-7-8-9-10-11-12(2,3)4;1-5(2,3)4/h5-11H2,1-4H3;1H3,(H,2,3,4)/q+1;/p-1. The zero-order valence-electron chi connectivity index (χ0n) is 12.0. The van der Waals surface area contributed by atoms with Crippen LogP contribution >= 0.6 is 0 Å². The van der Waals surface area contributed by atoms with E-state index in [4.69, 9.17) is 13.0 Å². The molecular weight excluding hydrogens is 238 g/mol. The van der Waals surface area contributed by atoms with Gasteiger partial charge in [0.25, 0.3) is 0 Å². The van der Waals surface area contributed by atoms with E-state index in [1.165, 1.54) is 45.1 Å². The lowest BCUT2D eigenvalue weighted by Crippen LogP contribution is -2.35. The van der Waals surface area contributed by atoms with Crippen molar-refractivity contribution in [2.75, 3.05) is 33.9 Å². The highest BCUT2D eigenvalue weighted by Gasteiger charge is 2.04. The number of rotatable bonds is 7. The first kappa shape index (κ1) is 19.2. The van der Waals surface area contributed by atoms with Crippen LogP contribution in [0, 0.1) is 0 Å². The van der Waals surface area contributed by atoms with Crippen molar-refractivity contribution in [1.82, 2.24) is 0 Å². The van der Waals surface area contributed by atoms with Gasteiger partial charge in [-0.15, -0.1) is 0 Å². The second kappa shape index (κ2) is 9.85. The molecule has 0 aliphatic carbocycles. The van der Waals surface area contributed by atoms with Gasteiger partial charge in [-0.05, 0) is 12.8 Å². The van der Waals surface area contributed by atoms with Crippen molar-refractivity contribution in [3.8, 4) is 0 Å². The Morgan fingerprint density at radius 3 is 1.65 bits per heavy atom. The molecule has 0 aliphatic rings. The molecule has 0 saturated heterocycles. The summed E-state index contributed by atoms with van der Waals surface area (Å²) in [4.78, 5) is 0. The van der Waals surface area contributed by atoms with Gasteiger partial charge in [0.1, 0.15) is 0 Å². The molecule has 0 aromatic heterocycles. The van der Waals surface area contributed by atoms with Gasteiger partial charge in [-0.3, -0.25) is 0 Å². The zero-order chi connectivity index (χ0) is 13.9. The lowest BCUT2D eigenvalue weighted by molar-refractivity contribution is -0.870. The lowest BCUT2D eigenvalue weighted by Gasteiger charge is -2.23. The number of quaternary nitrogens is 1. The summed E-state index contributed by atoms with van der Waals surface area (Å²) in [6, 6.07) is 0. The third-order valence-electron chi connectivity index (χ3n) is 2.18. The molecule has 0 radical (unpaired) electrons. The Morgan fingerprint density at radius 1 is 0.941 bits per heavy atom. The van der Waals surface area contributed by atoms with Crippen LogP contribution in [0.25, 0.3) is 0 Å². The van der Waals surface area contributed by atoms with Gasteiger partial charge >= 0.3 is 0 Å². The maximum atomic E-state index is 9.08. The van der Waals surface area contributed by atoms with E-state index in [9.17, 15) is 0 Å². The Balaban J connectivity index is 0. The van der Waals surface area contributed by atoms with Gasteiger partial charge in [0, 0.05) is 6.26 Å². The number of nitrogens with zero attached hydrogens (tertiary/aromatic N) is 1. The molecule has 0 atom stereocenters. The average Bonchev–Trinajstić information content (AvgIpc) is 2.06. The fourth-order valence-corrected chi connectivity index (χ4v) is 1.37. The molecule has 0 saturated carbocycles. The van der Waals surface area contributed by atoms with Crippen LogP contribution in [-0.4, -0.2) is 51.4 Å². The van der Waals surface area contributed by atoms with Gasteiger partial charge < -0.3 is 9.04 Å². The molecule has 0 rings (SSSR count). The molecule has 106 valence electrons. The van der Waals surface area contributed by atoms with E-state index in [-0.39, 0.29) is 0 Å². The summed E-state index contributed by atoms with van der Waals surface area (Å²) in [6.07, 6.45) is 9.08. The highest BCUT2D eigenvalue weighted by molar-refractivity contribution is 7.84. The quantitative estimate of drug-likeness (QED) is 0.404. The Hall–Kier alpha value is -0.130. The summed E-state index contributed by atoms with van der Waals surface area (Å²) in [5, 5.41) is 0. The summed E-state index contributed by atoms with van der Waals surface area (Å²) < 4.78 is 28.3. The van der Waals surface area contributed by atoms with Crippen LogP contribution < -0.4 is 0 Å². The van der Waals surface area contributed by atoms with Crippen molar-refractivity contribution >= 4 is 10.1 Å². The lowest BCUT2D eigenvalue weighted by atomic mass is 10.1. The van der Waals surface area contributed by atoms with Gasteiger partial charge in [0.05, 0.1) is 37.8 Å². The molecule has 0 aromatic rings. The predicted octanol–water partition coefficient (Wildman–Crippen LogP) is 2.21. The van der Waals surface area contributed by atoms with Crippen molar-refractivity contribution in [2.24, 2.45) is 0 Å². The Labute approximate surface area is 107 Å². The SMILES string of the molecule is CCCCCCCC[N+](C)(C)C.CS(=O)(=O)[O-]. The van der Waals surface area contributed by atoms with Crippen LogP contribution in [0.1, 0.15) is 45.4 Å². The van der Waals surface area contributed by atoms with E-state index >= 15 is 0 Å². The van der Waals surface area contributed by atoms with Gasteiger partial charge in [-0.2, -0.15) is 0 Å². The summed E-state index contributed by atoms with van der Waals surface area (Å²) in [5.41, 5.74) is 0. The smallest absolute Gasteiger partial charge is 0.0916 e. The highest BCUT2D eigenvalue weighted by Crippen LogP contribution is 2.06. The van der Waals surface area contributed by atoms with Crippen LogP contribution in [-0.2, 0) is 10.1 Å². The van der Waals surface area contributed by atoms with Crippen LogP contribution in [0.2, 0.25) is 0 Å². The van der Waals surface area contributed by atoms with E-state index in [1.807, 2.05) is 0 Å². The average molecular weight is 267 g/mol. The molecule has 0 aromatic carbocycles. The Morgan fingerprint density at radius 2 is 1.29 bits per heavy atom. The summed E-state index contributed by atoms with van der Waals surface area (Å²) in [6.45, 7) is 3.60. The Kier molecular flexibility index (Phi) is 11.1. The van der Waals surface area contributed by atoms with Crippen molar-refractivity contribution < 1.29 is 17.5 Å². The third kappa shape index (κ3) is 38.8. The number of hydrogen-bond acceptors (Lipinski definition) is 3. The first-order chi connectivity index (χ1) is 7.56. The van der Waals surface area contributed by atoms with E-state index in [1.54, 1.807) is 0 Å². The molecule has 0 heterocycles. The van der Waals surface area contributed by atoms with Crippen LogP contribution in [0.5, 0.6) is 0 Å².